The highest BCUT2D eigenvalue weighted by Crippen LogP contribution is 1.84. The van der Waals surface area contributed by atoms with Gasteiger partial charge in [-0.3, -0.25) is 0 Å². The van der Waals surface area contributed by atoms with Crippen LogP contribution in [0, 0.1) is 12.0 Å². The van der Waals surface area contributed by atoms with E-state index in [9.17, 15) is 0 Å². The maximum atomic E-state index is 4.86. The fourth-order valence-electron chi connectivity index (χ4n) is 0.340. The van der Waals surface area contributed by atoms with Crippen LogP contribution in [0.3, 0.4) is 0 Å². The molecule has 0 aliphatic heterocycles. The summed E-state index contributed by atoms with van der Waals surface area (Å²) in [7, 11) is 0. The summed E-state index contributed by atoms with van der Waals surface area (Å²) >= 11 is 0. The molecule has 0 unspecified atom stereocenters. The van der Waals surface area contributed by atoms with E-state index in [4.69, 9.17) is 4.74 Å². The molecule has 0 aliphatic carbocycles. The minimum atomic E-state index is 0.775. The second kappa shape index (κ2) is 6.36. The molecule has 0 N–H and O–H groups in total. The van der Waals surface area contributed by atoms with Crippen molar-refractivity contribution >= 4 is 0 Å². The van der Waals surface area contributed by atoms with Crippen LogP contribution < -0.4 is 0 Å². The van der Waals surface area contributed by atoms with E-state index in [-0.39, 0.29) is 0 Å². The van der Waals surface area contributed by atoms with Gasteiger partial charge in [-0.2, -0.15) is 0 Å². The van der Waals surface area contributed by atoms with E-state index in [2.05, 4.69) is 19.0 Å². The first-order valence-electron chi connectivity index (χ1n) is 2.95. The van der Waals surface area contributed by atoms with Gasteiger partial charge in [-0.1, -0.05) is 19.3 Å². The Hall–Kier alpha value is -0.640. The number of unbranched alkanes of at least 4 members (excludes halogenated alkanes) is 1. The highest BCUT2D eigenvalue weighted by atomic mass is 16.5. The van der Waals surface area contributed by atoms with Gasteiger partial charge >= 0.3 is 0 Å². The summed E-state index contributed by atoms with van der Waals surface area (Å²) < 4.78 is 4.86. The van der Waals surface area contributed by atoms with Crippen molar-refractivity contribution in [1.82, 2.24) is 0 Å². The molecule has 0 aromatic carbocycles. The molecule has 8 heavy (non-hydrogen) atoms. The normalized spacial score (nSPS) is 7.25. The first kappa shape index (κ1) is 7.36. The van der Waals surface area contributed by atoms with E-state index in [1.807, 2.05) is 0 Å². The van der Waals surface area contributed by atoms with Crippen molar-refractivity contribution in [2.24, 2.45) is 0 Å². The van der Waals surface area contributed by atoms with E-state index < -0.39 is 0 Å². The minimum Gasteiger partial charge on any atom is -0.447 e. The third-order valence-electron chi connectivity index (χ3n) is 0.774. The Morgan fingerprint density at radius 1 is 1.50 bits per heavy atom. The molecule has 46 valence electrons. The second-order valence-electron chi connectivity index (χ2n) is 1.55. The lowest BCUT2D eigenvalue weighted by molar-refractivity contribution is 0.270. The summed E-state index contributed by atoms with van der Waals surface area (Å²) in [5.41, 5.74) is 0. The lowest BCUT2D eigenvalue weighted by Crippen LogP contribution is -1.84. The monoisotopic (exact) mass is 112 g/mol. The van der Waals surface area contributed by atoms with Gasteiger partial charge in [-0.25, -0.2) is 0 Å². The first-order valence-corrected chi connectivity index (χ1v) is 2.95. The van der Waals surface area contributed by atoms with Crippen molar-refractivity contribution in [2.45, 2.75) is 26.7 Å². The molecule has 0 saturated heterocycles. The topological polar surface area (TPSA) is 9.23 Å². The molecular formula is C7H12O. The summed E-state index contributed by atoms with van der Waals surface area (Å²) in [6.45, 7) is 4.67. The summed E-state index contributed by atoms with van der Waals surface area (Å²) in [4.78, 5) is 0. The number of hydrogen-bond acceptors (Lipinski definition) is 1. The third kappa shape index (κ3) is 5.36. The van der Waals surface area contributed by atoms with Crippen LogP contribution in [0.5, 0.6) is 0 Å². The molecule has 0 aromatic rings. The van der Waals surface area contributed by atoms with Gasteiger partial charge < -0.3 is 4.74 Å². The second-order valence-corrected chi connectivity index (χ2v) is 1.55. The molecule has 0 atom stereocenters. The Balaban J connectivity index is 2.79. The van der Waals surface area contributed by atoms with Crippen molar-refractivity contribution < 1.29 is 4.74 Å². The third-order valence-corrected chi connectivity index (χ3v) is 0.774. The van der Waals surface area contributed by atoms with Gasteiger partial charge in [0, 0.05) is 6.92 Å². The largest absolute Gasteiger partial charge is 0.447 e. The molecule has 1 heteroatoms. The zero-order chi connectivity index (χ0) is 6.24. The summed E-state index contributed by atoms with van der Waals surface area (Å²) in [5, 5.41) is 0. The average molecular weight is 112 g/mol. The van der Waals surface area contributed by atoms with Gasteiger partial charge in [0.05, 0.1) is 0 Å². The van der Waals surface area contributed by atoms with Crippen LogP contribution in [0.15, 0.2) is 0 Å². The molecule has 0 aliphatic rings. The number of ether oxygens (including phenoxy) is 1. The lowest BCUT2D eigenvalue weighted by atomic mass is 10.4. The van der Waals surface area contributed by atoms with Gasteiger partial charge in [0.25, 0.3) is 0 Å². The van der Waals surface area contributed by atoms with Crippen molar-refractivity contribution in [1.29, 1.82) is 0 Å². The van der Waals surface area contributed by atoms with E-state index >= 15 is 0 Å². The maximum absolute atomic E-state index is 4.86. The van der Waals surface area contributed by atoms with Gasteiger partial charge in [0.1, 0.15) is 12.7 Å². The number of rotatable bonds is 3. The summed E-state index contributed by atoms with van der Waals surface area (Å²) in [6.07, 6.45) is 4.81. The van der Waals surface area contributed by atoms with Crippen LogP contribution in [-0.4, -0.2) is 6.61 Å². The Labute approximate surface area is 51.0 Å². The molecule has 0 amide bonds. The summed E-state index contributed by atoms with van der Waals surface area (Å²) in [5.74, 6) is 2.65. The van der Waals surface area contributed by atoms with Crippen molar-refractivity contribution in [3.63, 3.8) is 0 Å². The molecule has 0 spiro atoms. The van der Waals surface area contributed by atoms with Crippen LogP contribution in [-0.2, 0) is 4.74 Å². The summed E-state index contributed by atoms with van der Waals surface area (Å²) in [6, 6.07) is 0. The Morgan fingerprint density at radius 3 is 2.75 bits per heavy atom. The lowest BCUT2D eigenvalue weighted by Gasteiger charge is -1.91. The maximum Gasteiger partial charge on any atom is 0.109 e. The predicted molar refractivity (Wildman–Crippen MR) is 34.3 cm³/mol. The van der Waals surface area contributed by atoms with Crippen LogP contribution in [0.25, 0.3) is 0 Å². The molecule has 0 aromatic heterocycles. The fraction of sp³-hybridized carbons (Fsp3) is 0.714. The standard InChI is InChI=1S/C7H12O/c1-3-5-7-8-6-4-2/h3,5,7H2,1-2H3. The highest BCUT2D eigenvalue weighted by Gasteiger charge is 1.77. The predicted octanol–water partition coefficient (Wildman–Crippen LogP) is 1.78. The first-order chi connectivity index (χ1) is 3.91. The zero-order valence-electron chi connectivity index (χ0n) is 5.53. The molecule has 0 fully saturated rings. The fourth-order valence-corrected chi connectivity index (χ4v) is 0.340. The van der Waals surface area contributed by atoms with Gasteiger partial charge in [0.15, 0.2) is 0 Å². The molecule has 0 rings (SSSR count). The Kier molecular flexibility index (Phi) is 5.85. The molecule has 1 nitrogen and oxygen atoms in total. The van der Waals surface area contributed by atoms with Crippen molar-refractivity contribution in [2.75, 3.05) is 6.61 Å². The van der Waals surface area contributed by atoms with Gasteiger partial charge in [-0.15, -0.1) is 0 Å². The Morgan fingerprint density at radius 2 is 2.25 bits per heavy atom. The van der Waals surface area contributed by atoms with Crippen molar-refractivity contribution in [3.8, 4) is 12.0 Å². The number of hydrogen-bond donors (Lipinski definition) is 0. The smallest absolute Gasteiger partial charge is 0.109 e. The molecule has 0 heterocycles. The van der Waals surface area contributed by atoms with E-state index in [0.717, 1.165) is 13.0 Å². The van der Waals surface area contributed by atoms with E-state index in [1.54, 1.807) is 6.92 Å². The SMILES string of the molecule is CC#COCCCC. The van der Waals surface area contributed by atoms with Crippen LogP contribution in [0.2, 0.25) is 0 Å². The van der Waals surface area contributed by atoms with E-state index in [1.165, 1.54) is 6.42 Å². The van der Waals surface area contributed by atoms with Crippen LogP contribution in [0.4, 0.5) is 0 Å². The minimum absolute atomic E-state index is 0.775. The average Bonchev–Trinajstić information content (AvgIpc) is 1.81. The Bertz CT molecular complexity index is 86.3. The highest BCUT2D eigenvalue weighted by molar-refractivity contribution is 4.84. The zero-order valence-corrected chi connectivity index (χ0v) is 5.53. The molecule has 0 saturated carbocycles. The van der Waals surface area contributed by atoms with Gasteiger partial charge in [0.2, 0.25) is 0 Å². The van der Waals surface area contributed by atoms with Gasteiger partial charge in [-0.05, 0) is 6.42 Å². The quantitative estimate of drug-likeness (QED) is 0.399. The van der Waals surface area contributed by atoms with Crippen LogP contribution in [0.1, 0.15) is 26.7 Å². The van der Waals surface area contributed by atoms with Crippen molar-refractivity contribution in [3.05, 3.63) is 0 Å². The molecule has 0 radical (unpaired) electrons. The van der Waals surface area contributed by atoms with Crippen LogP contribution >= 0.6 is 0 Å². The molecule has 0 bridgehead atoms. The van der Waals surface area contributed by atoms with E-state index in [0.29, 0.717) is 0 Å². The molecular weight excluding hydrogens is 100 g/mol.